The van der Waals surface area contributed by atoms with Gasteiger partial charge in [0.25, 0.3) is 0 Å². The minimum Gasteiger partial charge on any atom is -0.506 e. The van der Waals surface area contributed by atoms with Gasteiger partial charge in [0, 0.05) is 37.9 Å². The number of hydrogen-bond acceptors (Lipinski definition) is 10. The van der Waals surface area contributed by atoms with Gasteiger partial charge in [-0.25, -0.2) is 12.7 Å². The Labute approximate surface area is 277 Å². The lowest BCUT2D eigenvalue weighted by atomic mass is 10.0. The van der Waals surface area contributed by atoms with Crippen molar-refractivity contribution >= 4 is 43.4 Å². The normalized spacial score (nSPS) is 14.8. The molecule has 3 aromatic rings. The number of carbonyl (C=O) groups is 1. The monoisotopic (exact) mass is 688 g/mol. The van der Waals surface area contributed by atoms with Crippen LogP contribution in [0.25, 0.3) is 0 Å². The van der Waals surface area contributed by atoms with Crippen molar-refractivity contribution in [2.75, 3.05) is 46.4 Å². The molecule has 0 aromatic heterocycles. The number of aliphatic hydroxyl groups is 1. The summed E-state index contributed by atoms with van der Waals surface area (Å²) in [6.07, 6.45) is 3.40. The SMILES string of the molecule is CCCCN(c1ccc(N2CCC(NC[C@H](O)c3ccc(O)c(NS(C)(=O)=O)c3)CC2)cc1)S(=O)(=O)OC(=O)CCc1ccccc1. The van der Waals surface area contributed by atoms with Crippen LogP contribution in [-0.4, -0.2) is 71.5 Å². The maximum Gasteiger partial charge on any atom is 0.412 e. The van der Waals surface area contributed by atoms with E-state index in [0.29, 0.717) is 24.1 Å². The molecule has 1 aliphatic heterocycles. The predicted octanol–water partition coefficient (Wildman–Crippen LogP) is 4.08. The smallest absolute Gasteiger partial charge is 0.412 e. The molecule has 4 N–H and O–H groups in total. The van der Waals surface area contributed by atoms with E-state index in [9.17, 15) is 31.8 Å². The van der Waals surface area contributed by atoms with Crippen molar-refractivity contribution in [3.8, 4) is 5.75 Å². The minimum absolute atomic E-state index is 0.00862. The van der Waals surface area contributed by atoms with Gasteiger partial charge in [-0.3, -0.25) is 9.52 Å². The topological polar surface area (TPSA) is 166 Å². The fraction of sp³-hybridized carbons (Fsp3) is 0.424. The Morgan fingerprint density at radius 3 is 2.34 bits per heavy atom. The van der Waals surface area contributed by atoms with Crippen LogP contribution in [0.15, 0.2) is 72.8 Å². The fourth-order valence-electron chi connectivity index (χ4n) is 5.38. The van der Waals surface area contributed by atoms with Gasteiger partial charge in [-0.05, 0) is 73.2 Å². The second kappa shape index (κ2) is 16.3. The first-order chi connectivity index (χ1) is 22.3. The zero-order valence-corrected chi connectivity index (χ0v) is 28.3. The number of nitrogens with zero attached hydrogens (tertiary/aromatic N) is 2. The van der Waals surface area contributed by atoms with Crippen molar-refractivity contribution in [3.63, 3.8) is 0 Å². The van der Waals surface area contributed by atoms with E-state index in [1.807, 2.05) is 49.4 Å². The van der Waals surface area contributed by atoms with E-state index >= 15 is 0 Å². The highest BCUT2D eigenvalue weighted by Crippen LogP contribution is 2.29. The molecule has 12 nitrogen and oxygen atoms in total. The van der Waals surface area contributed by atoms with E-state index in [4.69, 9.17) is 4.18 Å². The van der Waals surface area contributed by atoms with Crippen LogP contribution in [-0.2, 0) is 35.7 Å². The molecule has 1 atom stereocenters. The van der Waals surface area contributed by atoms with Crippen molar-refractivity contribution < 1.29 is 36.0 Å². The van der Waals surface area contributed by atoms with Crippen molar-refractivity contribution in [1.82, 2.24) is 5.32 Å². The van der Waals surface area contributed by atoms with E-state index in [1.165, 1.54) is 12.1 Å². The highest BCUT2D eigenvalue weighted by Gasteiger charge is 2.27. The summed E-state index contributed by atoms with van der Waals surface area (Å²) in [6, 6.07) is 21.0. The highest BCUT2D eigenvalue weighted by atomic mass is 32.2. The molecule has 0 bridgehead atoms. The van der Waals surface area contributed by atoms with Crippen LogP contribution < -0.4 is 19.2 Å². The molecular formula is C33H44N4O8S2. The number of unbranched alkanes of at least 4 members (excludes halogenated alkanes) is 1. The second-order valence-corrected chi connectivity index (χ2v) is 14.9. The number of aryl methyl sites for hydroxylation is 1. The van der Waals surface area contributed by atoms with Crippen LogP contribution in [0.3, 0.4) is 0 Å². The van der Waals surface area contributed by atoms with Gasteiger partial charge in [-0.1, -0.05) is 49.7 Å². The Kier molecular flexibility index (Phi) is 12.5. The van der Waals surface area contributed by atoms with Gasteiger partial charge in [0.1, 0.15) is 5.75 Å². The lowest BCUT2D eigenvalue weighted by Crippen LogP contribution is -2.43. The van der Waals surface area contributed by atoms with E-state index in [2.05, 4.69) is 14.9 Å². The molecule has 4 rings (SSSR count). The molecule has 0 aliphatic carbocycles. The number of anilines is 3. The van der Waals surface area contributed by atoms with E-state index < -0.39 is 32.4 Å². The Morgan fingerprint density at radius 2 is 1.70 bits per heavy atom. The van der Waals surface area contributed by atoms with Gasteiger partial charge in [0.05, 0.1) is 30.2 Å². The molecule has 0 saturated carbocycles. The maximum absolute atomic E-state index is 13.2. The number of phenolic OH excluding ortho intramolecular Hbond substituents is 1. The summed E-state index contributed by atoms with van der Waals surface area (Å²) in [6.45, 7) is 3.88. The largest absolute Gasteiger partial charge is 0.506 e. The number of carbonyl (C=O) groups excluding carboxylic acids is 1. The summed E-state index contributed by atoms with van der Waals surface area (Å²) >= 11 is 0. The number of sulfonamides is 1. The van der Waals surface area contributed by atoms with Gasteiger partial charge in [0.15, 0.2) is 0 Å². The number of piperidine rings is 1. The molecule has 0 radical (unpaired) electrons. The van der Waals surface area contributed by atoms with Crippen LogP contribution in [0.2, 0.25) is 0 Å². The number of benzene rings is 3. The zero-order chi connectivity index (χ0) is 34.0. The molecule has 1 heterocycles. The Hall–Kier alpha value is -3.85. The second-order valence-electron chi connectivity index (χ2n) is 11.7. The van der Waals surface area contributed by atoms with Crippen LogP contribution in [0, 0.1) is 0 Å². The highest BCUT2D eigenvalue weighted by molar-refractivity contribution is 7.92. The van der Waals surface area contributed by atoms with Crippen LogP contribution in [0.1, 0.15) is 56.3 Å². The average molecular weight is 689 g/mol. The maximum atomic E-state index is 13.2. The van der Waals surface area contributed by atoms with Crippen LogP contribution in [0.5, 0.6) is 5.75 Å². The summed E-state index contributed by atoms with van der Waals surface area (Å²) in [7, 11) is -7.93. The van der Waals surface area contributed by atoms with E-state index in [0.717, 1.165) is 54.2 Å². The molecule has 1 aliphatic rings. The van der Waals surface area contributed by atoms with Gasteiger partial charge in [0.2, 0.25) is 10.0 Å². The van der Waals surface area contributed by atoms with Gasteiger partial charge >= 0.3 is 16.3 Å². The molecule has 3 aromatic carbocycles. The first-order valence-electron chi connectivity index (χ1n) is 15.7. The average Bonchev–Trinajstić information content (AvgIpc) is 3.04. The molecule has 0 amide bonds. The van der Waals surface area contributed by atoms with E-state index in [1.54, 1.807) is 18.2 Å². The number of hydrogen-bond donors (Lipinski definition) is 4. The third-order valence-corrected chi connectivity index (χ3v) is 9.86. The van der Waals surface area contributed by atoms with Gasteiger partial charge < -0.3 is 24.6 Å². The summed E-state index contributed by atoms with van der Waals surface area (Å²) in [4.78, 5) is 14.7. The van der Waals surface area contributed by atoms with Crippen LogP contribution in [0.4, 0.5) is 17.1 Å². The van der Waals surface area contributed by atoms with Gasteiger partial charge in [-0.2, -0.15) is 8.42 Å². The minimum atomic E-state index is -4.34. The van der Waals surface area contributed by atoms with Crippen molar-refractivity contribution in [2.45, 2.75) is 57.6 Å². The number of nitrogens with one attached hydrogen (secondary N) is 2. The number of aromatic hydroxyl groups is 1. The first-order valence-corrected chi connectivity index (χ1v) is 19.0. The third-order valence-electron chi connectivity index (χ3n) is 7.94. The summed E-state index contributed by atoms with van der Waals surface area (Å²) in [5.41, 5.74) is 2.76. The van der Waals surface area contributed by atoms with Crippen LogP contribution >= 0.6 is 0 Å². The Morgan fingerprint density at radius 1 is 1.02 bits per heavy atom. The molecule has 0 unspecified atom stereocenters. The Balaban J connectivity index is 1.30. The standard InChI is InChI=1S/C33H44N4O8S2/c1-3-4-20-37(47(43,44)45-33(40)17-10-25-8-6-5-7-9-25)29-14-12-28(13-15-29)36-21-18-27(19-22-36)34-24-32(39)26-11-16-31(38)30(23-26)35-46(2,41)42/h5-9,11-16,23,27,32,34-35,38-39H,3-4,10,17-22,24H2,1-2H3/t32-/m0/s1. The first kappa shape index (κ1) is 36.0. The lowest BCUT2D eigenvalue weighted by Gasteiger charge is -2.34. The lowest BCUT2D eigenvalue weighted by molar-refractivity contribution is -0.133. The molecule has 1 saturated heterocycles. The summed E-state index contributed by atoms with van der Waals surface area (Å²) in [5, 5.41) is 24.0. The molecule has 14 heteroatoms. The van der Waals surface area contributed by atoms with Crippen molar-refractivity contribution in [3.05, 3.63) is 83.9 Å². The summed E-state index contributed by atoms with van der Waals surface area (Å²) < 4.78 is 57.9. The molecular weight excluding hydrogens is 645 g/mol. The quantitative estimate of drug-likeness (QED) is 0.161. The molecule has 256 valence electrons. The molecule has 0 spiro atoms. The zero-order valence-electron chi connectivity index (χ0n) is 26.7. The Bertz CT molecular complexity index is 1680. The number of phenols is 1. The van der Waals surface area contributed by atoms with E-state index in [-0.39, 0.29) is 37.0 Å². The summed E-state index contributed by atoms with van der Waals surface area (Å²) in [5.74, 6) is -1.03. The van der Waals surface area contributed by atoms with Gasteiger partial charge in [-0.15, -0.1) is 0 Å². The fourth-order valence-corrected chi connectivity index (χ4v) is 7.08. The third kappa shape index (κ3) is 10.8. The number of rotatable bonds is 16. The van der Waals surface area contributed by atoms with Crippen molar-refractivity contribution in [2.24, 2.45) is 0 Å². The molecule has 1 fully saturated rings. The van der Waals surface area contributed by atoms with Crippen molar-refractivity contribution in [1.29, 1.82) is 0 Å². The predicted molar refractivity (Wildman–Crippen MR) is 183 cm³/mol. The number of aliphatic hydroxyl groups excluding tert-OH is 1. The molecule has 47 heavy (non-hydrogen) atoms.